The Morgan fingerprint density at radius 3 is 2.65 bits per heavy atom. The minimum absolute atomic E-state index is 0.0279. The second-order valence-corrected chi connectivity index (χ2v) is 5.08. The van der Waals surface area contributed by atoms with Crippen LogP contribution in [0.3, 0.4) is 0 Å². The molecule has 0 spiro atoms. The predicted molar refractivity (Wildman–Crippen MR) is 64.8 cm³/mol. The van der Waals surface area contributed by atoms with Gasteiger partial charge in [0, 0.05) is 5.92 Å². The Kier molecular flexibility index (Phi) is 4.15. The van der Waals surface area contributed by atoms with E-state index >= 15 is 0 Å². The monoisotopic (exact) mass is 238 g/mol. The molecule has 2 atom stereocenters. The summed E-state index contributed by atoms with van der Waals surface area (Å²) >= 11 is 0. The van der Waals surface area contributed by atoms with E-state index in [4.69, 9.17) is 4.52 Å². The summed E-state index contributed by atoms with van der Waals surface area (Å²) < 4.78 is 5.31. The SMILES string of the molecule is CCC(c1nc(C2CCCCC2)no1)C(C)O. The molecule has 1 aliphatic rings. The van der Waals surface area contributed by atoms with Crippen molar-refractivity contribution in [3.05, 3.63) is 11.7 Å². The zero-order valence-electron chi connectivity index (χ0n) is 10.7. The van der Waals surface area contributed by atoms with Crippen molar-refractivity contribution in [2.24, 2.45) is 0 Å². The van der Waals surface area contributed by atoms with Gasteiger partial charge in [0.05, 0.1) is 12.0 Å². The van der Waals surface area contributed by atoms with Crippen LogP contribution in [0.2, 0.25) is 0 Å². The van der Waals surface area contributed by atoms with Gasteiger partial charge < -0.3 is 9.63 Å². The fourth-order valence-corrected chi connectivity index (χ4v) is 2.65. The molecule has 0 amide bonds. The molecule has 2 rings (SSSR count). The quantitative estimate of drug-likeness (QED) is 0.876. The van der Waals surface area contributed by atoms with Crippen LogP contribution in [-0.2, 0) is 0 Å². The second kappa shape index (κ2) is 5.63. The Bertz CT molecular complexity index is 343. The molecule has 1 fully saturated rings. The van der Waals surface area contributed by atoms with E-state index in [1.54, 1.807) is 6.92 Å². The lowest BCUT2D eigenvalue weighted by molar-refractivity contribution is 0.141. The smallest absolute Gasteiger partial charge is 0.232 e. The topological polar surface area (TPSA) is 59.2 Å². The van der Waals surface area contributed by atoms with Gasteiger partial charge >= 0.3 is 0 Å². The lowest BCUT2D eigenvalue weighted by atomic mass is 9.89. The largest absolute Gasteiger partial charge is 0.393 e. The van der Waals surface area contributed by atoms with E-state index < -0.39 is 6.10 Å². The predicted octanol–water partition coefficient (Wildman–Crippen LogP) is 2.99. The molecule has 1 aromatic heterocycles. The Labute approximate surface area is 102 Å². The number of aromatic nitrogens is 2. The second-order valence-electron chi connectivity index (χ2n) is 5.08. The normalized spacial score (nSPS) is 21.4. The summed E-state index contributed by atoms with van der Waals surface area (Å²) in [6, 6.07) is 0. The standard InChI is InChI=1S/C13H22N2O2/c1-3-11(9(2)16)13-14-12(15-17-13)10-7-5-4-6-8-10/h9-11,16H,3-8H2,1-2H3. The van der Waals surface area contributed by atoms with E-state index in [0.717, 1.165) is 12.2 Å². The van der Waals surface area contributed by atoms with Crippen LogP contribution in [0.15, 0.2) is 4.52 Å². The molecule has 1 aromatic rings. The first-order valence-electron chi connectivity index (χ1n) is 6.74. The first-order valence-corrected chi connectivity index (χ1v) is 6.74. The van der Waals surface area contributed by atoms with Crippen molar-refractivity contribution in [2.45, 2.75) is 70.3 Å². The molecule has 1 aliphatic carbocycles. The molecule has 1 N–H and O–H groups in total. The molecule has 96 valence electrons. The van der Waals surface area contributed by atoms with Gasteiger partial charge in [-0.15, -0.1) is 0 Å². The van der Waals surface area contributed by atoms with Crippen molar-refractivity contribution in [3.8, 4) is 0 Å². The van der Waals surface area contributed by atoms with Crippen LogP contribution in [0.4, 0.5) is 0 Å². The summed E-state index contributed by atoms with van der Waals surface area (Å²) in [7, 11) is 0. The highest BCUT2D eigenvalue weighted by Crippen LogP contribution is 2.32. The van der Waals surface area contributed by atoms with Crippen molar-refractivity contribution >= 4 is 0 Å². The van der Waals surface area contributed by atoms with Gasteiger partial charge in [-0.2, -0.15) is 4.98 Å². The van der Waals surface area contributed by atoms with E-state index in [-0.39, 0.29) is 5.92 Å². The summed E-state index contributed by atoms with van der Waals surface area (Å²) in [5.74, 6) is 1.88. The molecule has 0 aliphatic heterocycles. The van der Waals surface area contributed by atoms with Crippen LogP contribution < -0.4 is 0 Å². The molecule has 1 saturated carbocycles. The van der Waals surface area contributed by atoms with Crippen LogP contribution in [-0.4, -0.2) is 21.4 Å². The Morgan fingerprint density at radius 2 is 2.06 bits per heavy atom. The fraction of sp³-hybridized carbons (Fsp3) is 0.846. The highest BCUT2D eigenvalue weighted by atomic mass is 16.5. The van der Waals surface area contributed by atoms with Gasteiger partial charge in [0.2, 0.25) is 5.89 Å². The van der Waals surface area contributed by atoms with Crippen LogP contribution in [0.1, 0.15) is 75.9 Å². The highest BCUT2D eigenvalue weighted by molar-refractivity contribution is 5.01. The molecule has 0 aromatic carbocycles. The average molecular weight is 238 g/mol. The molecular formula is C13H22N2O2. The molecule has 0 radical (unpaired) electrons. The maximum atomic E-state index is 9.66. The average Bonchev–Trinajstić information content (AvgIpc) is 2.80. The van der Waals surface area contributed by atoms with Gasteiger partial charge in [0.1, 0.15) is 0 Å². The van der Waals surface area contributed by atoms with E-state index in [2.05, 4.69) is 10.1 Å². The Balaban J connectivity index is 2.08. The molecule has 17 heavy (non-hydrogen) atoms. The van der Waals surface area contributed by atoms with Crippen LogP contribution >= 0.6 is 0 Å². The van der Waals surface area contributed by atoms with Crippen molar-refractivity contribution < 1.29 is 9.63 Å². The lowest BCUT2D eigenvalue weighted by Crippen LogP contribution is -2.14. The van der Waals surface area contributed by atoms with Gasteiger partial charge in [-0.25, -0.2) is 0 Å². The van der Waals surface area contributed by atoms with Crippen molar-refractivity contribution in [2.75, 3.05) is 0 Å². The number of aliphatic hydroxyl groups excluding tert-OH is 1. The summed E-state index contributed by atoms with van der Waals surface area (Å²) in [5.41, 5.74) is 0. The van der Waals surface area contributed by atoms with Crippen LogP contribution in [0.5, 0.6) is 0 Å². The van der Waals surface area contributed by atoms with Crippen molar-refractivity contribution in [1.82, 2.24) is 10.1 Å². The van der Waals surface area contributed by atoms with E-state index in [1.807, 2.05) is 6.92 Å². The molecule has 4 heteroatoms. The zero-order valence-corrected chi connectivity index (χ0v) is 10.7. The van der Waals surface area contributed by atoms with Gasteiger partial charge in [0.25, 0.3) is 0 Å². The minimum Gasteiger partial charge on any atom is -0.393 e. The first kappa shape index (κ1) is 12.6. The van der Waals surface area contributed by atoms with Gasteiger partial charge in [0.15, 0.2) is 5.82 Å². The molecular weight excluding hydrogens is 216 g/mol. The van der Waals surface area contributed by atoms with E-state index in [9.17, 15) is 5.11 Å². The molecule has 4 nitrogen and oxygen atoms in total. The third-order valence-corrected chi connectivity index (χ3v) is 3.77. The molecule has 1 heterocycles. The third kappa shape index (κ3) is 2.86. The van der Waals surface area contributed by atoms with Crippen LogP contribution in [0.25, 0.3) is 0 Å². The summed E-state index contributed by atoms with van der Waals surface area (Å²) in [4.78, 5) is 4.49. The maximum absolute atomic E-state index is 9.66. The summed E-state index contributed by atoms with van der Waals surface area (Å²) in [6.07, 6.45) is 6.59. The fourth-order valence-electron chi connectivity index (χ4n) is 2.65. The number of hydrogen-bond donors (Lipinski definition) is 1. The summed E-state index contributed by atoms with van der Waals surface area (Å²) in [6.45, 7) is 3.81. The highest BCUT2D eigenvalue weighted by Gasteiger charge is 2.25. The first-order chi connectivity index (χ1) is 8.22. The molecule has 2 unspecified atom stereocenters. The van der Waals surface area contributed by atoms with Crippen molar-refractivity contribution in [3.63, 3.8) is 0 Å². The van der Waals surface area contributed by atoms with E-state index in [0.29, 0.717) is 11.8 Å². The maximum Gasteiger partial charge on any atom is 0.232 e. The third-order valence-electron chi connectivity index (χ3n) is 3.77. The zero-order chi connectivity index (χ0) is 12.3. The van der Waals surface area contributed by atoms with Gasteiger partial charge in [-0.05, 0) is 26.2 Å². The van der Waals surface area contributed by atoms with Crippen molar-refractivity contribution in [1.29, 1.82) is 0 Å². The minimum atomic E-state index is -0.431. The number of nitrogens with zero attached hydrogens (tertiary/aromatic N) is 2. The van der Waals surface area contributed by atoms with Crippen LogP contribution in [0, 0.1) is 0 Å². The lowest BCUT2D eigenvalue weighted by Gasteiger charge is -2.17. The molecule has 0 bridgehead atoms. The number of aliphatic hydroxyl groups is 1. The number of hydrogen-bond acceptors (Lipinski definition) is 4. The number of rotatable bonds is 4. The van der Waals surface area contributed by atoms with Gasteiger partial charge in [-0.3, -0.25) is 0 Å². The summed E-state index contributed by atoms with van der Waals surface area (Å²) in [5, 5.41) is 13.8. The van der Waals surface area contributed by atoms with E-state index in [1.165, 1.54) is 32.1 Å². The Morgan fingerprint density at radius 1 is 1.35 bits per heavy atom. The Hall–Kier alpha value is -0.900. The molecule has 0 saturated heterocycles. The van der Waals surface area contributed by atoms with Gasteiger partial charge in [-0.1, -0.05) is 31.3 Å².